The van der Waals surface area contributed by atoms with Crippen LogP contribution in [0.2, 0.25) is 0 Å². The number of halogens is 1. The molecule has 1 heterocycles. The van der Waals surface area contributed by atoms with Crippen LogP contribution in [0.25, 0.3) is 11.3 Å². The number of thiazole rings is 1. The lowest BCUT2D eigenvalue weighted by Gasteiger charge is -2.12. The maximum absolute atomic E-state index is 12.6. The maximum Gasteiger partial charge on any atom is 0.271 e. The summed E-state index contributed by atoms with van der Waals surface area (Å²) < 4.78 is 11.9. The molecule has 3 aromatic carbocycles. The van der Waals surface area contributed by atoms with Gasteiger partial charge in [-0.2, -0.15) is 5.10 Å². The minimum Gasteiger partial charge on any atom is -0.493 e. The molecule has 0 saturated carbocycles. The largest absolute Gasteiger partial charge is 0.493 e. The molecule has 0 aliphatic rings. The van der Waals surface area contributed by atoms with Gasteiger partial charge in [0.15, 0.2) is 16.6 Å². The van der Waals surface area contributed by atoms with Crippen molar-refractivity contribution < 1.29 is 14.3 Å². The Kier molecular flexibility index (Phi) is 8.70. The summed E-state index contributed by atoms with van der Waals surface area (Å²) in [5, 5.41) is 10.2. The molecule has 184 valence electrons. The van der Waals surface area contributed by atoms with Crippen molar-refractivity contribution in [2.24, 2.45) is 5.10 Å². The van der Waals surface area contributed by atoms with Crippen molar-refractivity contribution >= 4 is 50.2 Å². The van der Waals surface area contributed by atoms with Gasteiger partial charge in [0.1, 0.15) is 0 Å². The zero-order valence-electron chi connectivity index (χ0n) is 19.8. The number of nitrogens with zero attached hydrogens (tertiary/aromatic N) is 2. The van der Waals surface area contributed by atoms with Crippen molar-refractivity contribution in [2.75, 3.05) is 19.0 Å². The summed E-state index contributed by atoms with van der Waals surface area (Å²) in [6, 6.07) is 20.8. The number of amides is 1. The first-order valence-electron chi connectivity index (χ1n) is 11.3. The van der Waals surface area contributed by atoms with Gasteiger partial charge in [0.05, 0.1) is 30.1 Å². The van der Waals surface area contributed by atoms with Crippen molar-refractivity contribution in [3.63, 3.8) is 0 Å². The van der Waals surface area contributed by atoms with Gasteiger partial charge in [0.25, 0.3) is 5.91 Å². The Labute approximate surface area is 222 Å². The predicted molar refractivity (Wildman–Crippen MR) is 149 cm³/mol. The second-order valence-electron chi connectivity index (χ2n) is 7.69. The van der Waals surface area contributed by atoms with E-state index < -0.39 is 0 Å². The minimum atomic E-state index is -0.309. The number of hydrogen-bond acceptors (Lipinski definition) is 7. The van der Waals surface area contributed by atoms with Crippen LogP contribution in [0.15, 0.2) is 81.7 Å². The molecule has 0 radical (unpaired) electrons. The third-order valence-electron chi connectivity index (χ3n) is 5.05. The number of anilines is 2. The molecule has 0 fully saturated rings. The highest BCUT2D eigenvalue weighted by Gasteiger charge is 2.11. The molecule has 0 aliphatic heterocycles. The van der Waals surface area contributed by atoms with Crippen LogP contribution in [0, 0.1) is 0 Å². The van der Waals surface area contributed by atoms with Gasteiger partial charge in [-0.25, -0.2) is 10.4 Å². The second-order valence-corrected chi connectivity index (χ2v) is 9.40. The standard InChI is InChI=1S/C27H25BrN4O3S/c1-3-13-35-25-22(28)14-18(15-24(25)34-2)16-29-32-26(33)20-11-9-19(10-12-20)23-17-36-27(31-23)30-21-7-5-4-6-8-21/h4-12,14-17H,3,13H2,1-2H3,(H,30,31)(H,32,33)/b29-16-. The van der Waals surface area contributed by atoms with Gasteiger partial charge in [-0.1, -0.05) is 37.3 Å². The average molecular weight is 565 g/mol. The maximum atomic E-state index is 12.6. The smallest absolute Gasteiger partial charge is 0.271 e. The molecule has 0 spiro atoms. The fraction of sp³-hybridized carbons (Fsp3) is 0.148. The van der Waals surface area contributed by atoms with Crippen LogP contribution in [0.5, 0.6) is 11.5 Å². The summed E-state index contributed by atoms with van der Waals surface area (Å²) >= 11 is 5.03. The summed E-state index contributed by atoms with van der Waals surface area (Å²) in [6.07, 6.45) is 2.45. The lowest BCUT2D eigenvalue weighted by atomic mass is 10.1. The molecule has 4 aromatic rings. The average Bonchev–Trinajstić information content (AvgIpc) is 3.37. The number of rotatable bonds is 10. The summed E-state index contributed by atoms with van der Waals surface area (Å²) in [7, 11) is 1.58. The summed E-state index contributed by atoms with van der Waals surface area (Å²) in [5.41, 5.74) is 6.56. The number of hydrazone groups is 1. The predicted octanol–water partition coefficient (Wildman–Crippen LogP) is 6.88. The molecule has 2 N–H and O–H groups in total. The molecule has 7 nitrogen and oxygen atoms in total. The molecule has 4 rings (SSSR count). The van der Waals surface area contributed by atoms with E-state index in [9.17, 15) is 4.79 Å². The molecule has 0 unspecified atom stereocenters. The van der Waals surface area contributed by atoms with Crippen LogP contribution >= 0.6 is 27.3 Å². The van der Waals surface area contributed by atoms with Crippen molar-refractivity contribution in [3.05, 3.63) is 87.7 Å². The number of carbonyl (C=O) groups is 1. The minimum absolute atomic E-state index is 0.309. The SMILES string of the molecule is CCCOc1c(Br)cc(/C=N\NC(=O)c2ccc(-c3csc(Nc4ccccc4)n3)cc2)cc1OC. The Morgan fingerprint density at radius 2 is 1.92 bits per heavy atom. The van der Waals surface area contributed by atoms with Crippen LogP contribution < -0.4 is 20.2 Å². The van der Waals surface area contributed by atoms with Gasteiger partial charge in [-0.05, 0) is 64.3 Å². The van der Waals surface area contributed by atoms with Crippen molar-refractivity contribution in [1.29, 1.82) is 0 Å². The van der Waals surface area contributed by atoms with E-state index in [1.54, 1.807) is 31.5 Å². The number of hydrogen-bond donors (Lipinski definition) is 2. The highest BCUT2D eigenvalue weighted by Crippen LogP contribution is 2.36. The van der Waals surface area contributed by atoms with Gasteiger partial charge < -0.3 is 14.8 Å². The third-order valence-corrected chi connectivity index (χ3v) is 6.40. The molecule has 1 aromatic heterocycles. The summed E-state index contributed by atoms with van der Waals surface area (Å²) in [6.45, 7) is 2.63. The fourth-order valence-electron chi connectivity index (χ4n) is 3.29. The lowest BCUT2D eigenvalue weighted by molar-refractivity contribution is 0.0955. The molecular formula is C27H25BrN4O3S. The van der Waals surface area contributed by atoms with E-state index in [1.165, 1.54) is 11.3 Å². The van der Waals surface area contributed by atoms with Gasteiger partial charge >= 0.3 is 0 Å². The van der Waals surface area contributed by atoms with Crippen LogP contribution in [-0.4, -0.2) is 30.8 Å². The van der Waals surface area contributed by atoms with Crippen molar-refractivity contribution in [2.45, 2.75) is 13.3 Å². The number of para-hydroxylation sites is 1. The summed E-state index contributed by atoms with van der Waals surface area (Å²) in [5.74, 6) is 0.922. The molecular weight excluding hydrogens is 540 g/mol. The Morgan fingerprint density at radius 3 is 2.64 bits per heavy atom. The topological polar surface area (TPSA) is 84.8 Å². The van der Waals surface area contributed by atoms with E-state index in [-0.39, 0.29) is 5.91 Å². The quantitative estimate of drug-likeness (QED) is 0.162. The van der Waals surface area contributed by atoms with Crippen molar-refractivity contribution in [1.82, 2.24) is 10.4 Å². The Bertz CT molecular complexity index is 1340. The molecule has 0 bridgehead atoms. The Hall–Kier alpha value is -3.69. The molecule has 1 amide bonds. The normalized spacial score (nSPS) is 10.9. The van der Waals surface area contributed by atoms with Gasteiger partial charge in [0, 0.05) is 22.2 Å². The highest BCUT2D eigenvalue weighted by molar-refractivity contribution is 9.10. The number of methoxy groups -OCH3 is 1. The van der Waals surface area contributed by atoms with Gasteiger partial charge in [0.2, 0.25) is 0 Å². The number of ether oxygens (including phenoxy) is 2. The monoisotopic (exact) mass is 564 g/mol. The lowest BCUT2D eigenvalue weighted by Crippen LogP contribution is -2.17. The van der Waals surface area contributed by atoms with Gasteiger partial charge in [-0.3, -0.25) is 4.79 Å². The van der Waals surface area contributed by atoms with E-state index >= 15 is 0 Å². The highest BCUT2D eigenvalue weighted by atomic mass is 79.9. The number of benzene rings is 3. The number of carbonyl (C=O) groups excluding carboxylic acids is 1. The Balaban J connectivity index is 1.37. The first-order chi connectivity index (χ1) is 17.6. The van der Waals surface area contributed by atoms with E-state index in [2.05, 4.69) is 36.8 Å². The van der Waals surface area contributed by atoms with E-state index in [1.807, 2.05) is 60.8 Å². The zero-order chi connectivity index (χ0) is 25.3. The first-order valence-corrected chi connectivity index (χ1v) is 13.0. The molecule has 0 atom stereocenters. The van der Waals surface area contributed by atoms with Crippen LogP contribution in [0.4, 0.5) is 10.8 Å². The zero-order valence-corrected chi connectivity index (χ0v) is 22.2. The molecule has 0 saturated heterocycles. The van der Waals surface area contributed by atoms with Crippen molar-refractivity contribution in [3.8, 4) is 22.8 Å². The number of aromatic nitrogens is 1. The van der Waals surface area contributed by atoms with E-state index in [0.29, 0.717) is 23.7 Å². The van der Waals surface area contributed by atoms with Crippen LogP contribution in [-0.2, 0) is 0 Å². The Morgan fingerprint density at radius 1 is 1.14 bits per heavy atom. The molecule has 9 heteroatoms. The fourth-order valence-corrected chi connectivity index (χ4v) is 4.60. The second kappa shape index (κ2) is 12.3. The third kappa shape index (κ3) is 6.50. The van der Waals surface area contributed by atoms with E-state index in [0.717, 1.165) is 38.5 Å². The first kappa shape index (κ1) is 25.4. The summed E-state index contributed by atoms with van der Waals surface area (Å²) in [4.78, 5) is 17.2. The van der Waals surface area contributed by atoms with Crippen LogP contribution in [0.1, 0.15) is 29.3 Å². The van der Waals surface area contributed by atoms with Crippen LogP contribution in [0.3, 0.4) is 0 Å². The molecule has 36 heavy (non-hydrogen) atoms. The molecule has 0 aliphatic carbocycles. The number of nitrogens with one attached hydrogen (secondary N) is 2. The van der Waals surface area contributed by atoms with E-state index in [4.69, 9.17) is 9.47 Å². The van der Waals surface area contributed by atoms with Gasteiger partial charge in [-0.15, -0.1) is 11.3 Å².